The third kappa shape index (κ3) is 2.54. The van der Waals surface area contributed by atoms with Crippen LogP contribution in [0.3, 0.4) is 0 Å². The van der Waals surface area contributed by atoms with Gasteiger partial charge in [-0.1, -0.05) is 4.49 Å². The Kier molecular flexibility index (Phi) is 3.45. The first-order valence-corrected chi connectivity index (χ1v) is 5.90. The second-order valence-corrected chi connectivity index (χ2v) is 4.38. The van der Waals surface area contributed by atoms with E-state index in [1.54, 1.807) is 0 Å². The van der Waals surface area contributed by atoms with Crippen molar-refractivity contribution in [3.8, 4) is 0 Å². The predicted molar refractivity (Wildman–Crippen MR) is 58.0 cm³/mol. The maximum Gasteiger partial charge on any atom is 0.265 e. The fourth-order valence-electron chi connectivity index (χ4n) is 1.57. The van der Waals surface area contributed by atoms with Crippen molar-refractivity contribution >= 4 is 23.3 Å². The fraction of sp³-hybridized carbons (Fsp3) is 0.556. The van der Waals surface area contributed by atoms with E-state index in [1.807, 2.05) is 0 Å². The van der Waals surface area contributed by atoms with E-state index in [0.29, 0.717) is 17.8 Å². The minimum Gasteiger partial charge on any atom is -0.354 e. The molecule has 1 aliphatic rings. The monoisotopic (exact) mass is 240 g/mol. The van der Waals surface area contributed by atoms with Gasteiger partial charge < -0.3 is 10.6 Å². The number of carbonyl (C=O) groups excluding carboxylic acids is 2. The van der Waals surface area contributed by atoms with Crippen LogP contribution in [0.25, 0.3) is 0 Å². The van der Waals surface area contributed by atoms with Crippen LogP contribution in [0.5, 0.6) is 0 Å². The first kappa shape index (κ1) is 11.0. The van der Waals surface area contributed by atoms with Crippen molar-refractivity contribution in [2.45, 2.75) is 25.3 Å². The van der Waals surface area contributed by atoms with Crippen LogP contribution in [0.4, 0.5) is 0 Å². The van der Waals surface area contributed by atoms with Gasteiger partial charge in [0.1, 0.15) is 10.9 Å². The zero-order chi connectivity index (χ0) is 11.4. The Morgan fingerprint density at radius 1 is 1.56 bits per heavy atom. The predicted octanol–water partition coefficient (Wildman–Crippen LogP) is -0.0634. The van der Waals surface area contributed by atoms with Crippen LogP contribution < -0.4 is 10.6 Å². The summed E-state index contributed by atoms with van der Waals surface area (Å²) >= 11 is 1.02. The van der Waals surface area contributed by atoms with Crippen LogP contribution in [-0.4, -0.2) is 34.0 Å². The smallest absolute Gasteiger partial charge is 0.265 e. The minimum atomic E-state index is -0.433. The second kappa shape index (κ2) is 5.02. The highest BCUT2D eigenvalue weighted by atomic mass is 32.1. The normalized spacial score (nSPS) is 21.0. The van der Waals surface area contributed by atoms with Gasteiger partial charge in [0, 0.05) is 6.54 Å². The highest BCUT2D eigenvalue weighted by Crippen LogP contribution is 2.08. The summed E-state index contributed by atoms with van der Waals surface area (Å²) < 4.78 is 3.60. The number of amides is 2. The number of nitrogens with zero attached hydrogens (tertiary/aromatic N) is 2. The molecule has 86 valence electrons. The molecule has 6 nitrogen and oxygen atoms in total. The van der Waals surface area contributed by atoms with Crippen LogP contribution in [0.1, 0.15) is 28.9 Å². The average molecular weight is 240 g/mol. The molecule has 0 saturated carbocycles. The van der Waals surface area contributed by atoms with Crippen LogP contribution in [0.2, 0.25) is 0 Å². The Labute approximate surface area is 96.6 Å². The number of hydrogen-bond acceptors (Lipinski definition) is 5. The molecule has 1 saturated heterocycles. The molecule has 16 heavy (non-hydrogen) atoms. The van der Waals surface area contributed by atoms with Crippen molar-refractivity contribution in [2.24, 2.45) is 0 Å². The van der Waals surface area contributed by atoms with Gasteiger partial charge in [-0.05, 0) is 30.8 Å². The van der Waals surface area contributed by atoms with E-state index in [4.69, 9.17) is 0 Å². The fourth-order valence-corrected chi connectivity index (χ4v) is 1.99. The van der Waals surface area contributed by atoms with Crippen LogP contribution in [-0.2, 0) is 4.79 Å². The lowest BCUT2D eigenvalue weighted by molar-refractivity contribution is -0.122. The van der Waals surface area contributed by atoms with E-state index in [9.17, 15) is 9.59 Å². The molecule has 0 bridgehead atoms. The zero-order valence-corrected chi connectivity index (χ0v) is 9.42. The standard InChI is InChI=1S/C9H12N4O2S/c14-8-6(3-1-2-4-10-8)12-9(15)7-5-11-13-16-7/h5-6H,1-4H2,(H,10,14)(H,12,15). The van der Waals surface area contributed by atoms with Gasteiger partial charge in [-0.3, -0.25) is 9.59 Å². The van der Waals surface area contributed by atoms with E-state index in [-0.39, 0.29) is 11.8 Å². The molecular weight excluding hydrogens is 228 g/mol. The van der Waals surface area contributed by atoms with Gasteiger partial charge in [-0.15, -0.1) is 5.10 Å². The zero-order valence-electron chi connectivity index (χ0n) is 8.60. The molecule has 7 heteroatoms. The van der Waals surface area contributed by atoms with Crippen LogP contribution in [0.15, 0.2) is 6.20 Å². The first-order valence-electron chi connectivity index (χ1n) is 5.13. The second-order valence-electron chi connectivity index (χ2n) is 3.59. The van der Waals surface area contributed by atoms with Gasteiger partial charge in [-0.25, -0.2) is 0 Å². The SMILES string of the molecule is O=C(NC1CCCCNC1=O)c1cnns1. The van der Waals surface area contributed by atoms with Gasteiger partial charge in [0.15, 0.2) is 0 Å². The summed E-state index contributed by atoms with van der Waals surface area (Å²) in [5, 5.41) is 9.04. The summed E-state index contributed by atoms with van der Waals surface area (Å²) in [4.78, 5) is 23.7. The molecule has 0 aromatic carbocycles. The highest BCUT2D eigenvalue weighted by molar-refractivity contribution is 7.07. The highest BCUT2D eigenvalue weighted by Gasteiger charge is 2.23. The number of carbonyl (C=O) groups is 2. The van der Waals surface area contributed by atoms with Crippen molar-refractivity contribution in [2.75, 3.05) is 6.54 Å². The molecule has 1 aromatic heterocycles. The van der Waals surface area contributed by atoms with Crippen molar-refractivity contribution in [3.63, 3.8) is 0 Å². The minimum absolute atomic E-state index is 0.108. The lowest BCUT2D eigenvalue weighted by Crippen LogP contribution is -2.45. The van der Waals surface area contributed by atoms with Gasteiger partial charge in [-0.2, -0.15) is 0 Å². The van der Waals surface area contributed by atoms with Gasteiger partial charge in [0.2, 0.25) is 5.91 Å². The Morgan fingerprint density at radius 3 is 3.19 bits per heavy atom. The van der Waals surface area contributed by atoms with E-state index >= 15 is 0 Å². The first-order chi connectivity index (χ1) is 7.77. The molecule has 1 aromatic rings. The quantitative estimate of drug-likeness (QED) is 0.758. The molecule has 2 N–H and O–H groups in total. The van der Waals surface area contributed by atoms with Gasteiger partial charge >= 0.3 is 0 Å². The van der Waals surface area contributed by atoms with Crippen molar-refractivity contribution < 1.29 is 9.59 Å². The molecule has 1 aliphatic heterocycles. The molecule has 0 spiro atoms. The number of aromatic nitrogens is 2. The summed E-state index contributed by atoms with van der Waals surface area (Å²) in [6.07, 6.45) is 3.98. The molecule has 2 amide bonds. The van der Waals surface area contributed by atoms with Crippen molar-refractivity contribution in [1.82, 2.24) is 20.2 Å². The van der Waals surface area contributed by atoms with Crippen molar-refractivity contribution in [1.29, 1.82) is 0 Å². The van der Waals surface area contributed by atoms with E-state index < -0.39 is 6.04 Å². The molecule has 2 rings (SSSR count). The topological polar surface area (TPSA) is 84.0 Å². The summed E-state index contributed by atoms with van der Waals surface area (Å²) in [6, 6.07) is -0.433. The molecule has 0 radical (unpaired) electrons. The van der Waals surface area contributed by atoms with Crippen LogP contribution in [0, 0.1) is 0 Å². The number of hydrogen-bond donors (Lipinski definition) is 2. The van der Waals surface area contributed by atoms with Crippen molar-refractivity contribution in [3.05, 3.63) is 11.1 Å². The average Bonchev–Trinajstić information content (AvgIpc) is 2.73. The van der Waals surface area contributed by atoms with E-state index in [0.717, 1.165) is 24.4 Å². The largest absolute Gasteiger partial charge is 0.354 e. The maximum atomic E-state index is 11.7. The number of rotatable bonds is 2. The summed E-state index contributed by atoms with van der Waals surface area (Å²) in [5.74, 6) is -0.389. The Hall–Kier alpha value is -1.50. The lowest BCUT2D eigenvalue weighted by Gasteiger charge is -2.13. The molecular formula is C9H12N4O2S. The molecule has 0 aliphatic carbocycles. The Bertz CT molecular complexity index is 379. The summed E-state index contributed by atoms with van der Waals surface area (Å²) in [6.45, 7) is 0.688. The molecule has 1 atom stereocenters. The third-order valence-electron chi connectivity index (χ3n) is 2.43. The third-order valence-corrected chi connectivity index (χ3v) is 3.09. The number of nitrogens with one attached hydrogen (secondary N) is 2. The maximum absolute atomic E-state index is 11.7. The summed E-state index contributed by atoms with van der Waals surface area (Å²) in [5.41, 5.74) is 0. The molecule has 2 heterocycles. The Morgan fingerprint density at radius 2 is 2.44 bits per heavy atom. The van der Waals surface area contributed by atoms with E-state index in [1.165, 1.54) is 6.20 Å². The van der Waals surface area contributed by atoms with Gasteiger partial charge in [0.25, 0.3) is 5.91 Å². The lowest BCUT2D eigenvalue weighted by atomic mass is 10.1. The molecule has 1 fully saturated rings. The molecule has 1 unspecified atom stereocenters. The summed E-state index contributed by atoms with van der Waals surface area (Å²) in [7, 11) is 0. The Balaban J connectivity index is 1.97. The van der Waals surface area contributed by atoms with E-state index in [2.05, 4.69) is 20.2 Å². The van der Waals surface area contributed by atoms with Crippen LogP contribution >= 0.6 is 11.5 Å². The van der Waals surface area contributed by atoms with Gasteiger partial charge in [0.05, 0.1) is 6.20 Å².